The van der Waals surface area contributed by atoms with Crippen LogP contribution in [0.3, 0.4) is 0 Å². The Hall–Kier alpha value is -0.700. The molecule has 1 aliphatic rings. The average Bonchev–Trinajstić information content (AvgIpc) is 2.92. The zero-order chi connectivity index (χ0) is 15.0. The molecule has 8 heteroatoms. The molecule has 1 rings (SSSR count). The van der Waals surface area contributed by atoms with Crippen LogP contribution in [0.4, 0.5) is 0 Å². The zero-order valence-corrected chi connectivity index (χ0v) is 12.8. The second-order valence-corrected chi connectivity index (χ2v) is 6.63. The zero-order valence-electron chi connectivity index (χ0n) is 12.0. The number of esters is 1. The number of sulfonamides is 1. The molecule has 2 unspecified atom stereocenters. The fourth-order valence-electron chi connectivity index (χ4n) is 2.33. The highest BCUT2D eigenvalue weighted by atomic mass is 32.2. The molecule has 0 amide bonds. The van der Waals surface area contributed by atoms with E-state index < -0.39 is 27.2 Å². The lowest BCUT2D eigenvalue weighted by Gasteiger charge is -2.18. The lowest BCUT2D eigenvalue weighted by Crippen LogP contribution is -2.40. The van der Waals surface area contributed by atoms with Crippen LogP contribution in [0.1, 0.15) is 19.3 Å². The van der Waals surface area contributed by atoms with Gasteiger partial charge < -0.3 is 14.2 Å². The lowest BCUT2D eigenvalue weighted by molar-refractivity contribution is -0.145. The Morgan fingerprint density at radius 2 is 1.95 bits per heavy atom. The molecule has 20 heavy (non-hydrogen) atoms. The van der Waals surface area contributed by atoms with Crippen molar-refractivity contribution in [2.45, 2.75) is 24.5 Å². The van der Waals surface area contributed by atoms with Crippen LogP contribution in [-0.2, 0) is 29.0 Å². The summed E-state index contributed by atoms with van der Waals surface area (Å²) < 4.78 is 41.4. The highest BCUT2D eigenvalue weighted by molar-refractivity contribution is 7.90. The van der Waals surface area contributed by atoms with Crippen LogP contribution in [0.2, 0.25) is 0 Å². The third kappa shape index (κ3) is 5.01. The first-order chi connectivity index (χ1) is 9.53. The Kier molecular flexibility index (Phi) is 7.42. The Morgan fingerprint density at radius 3 is 2.60 bits per heavy atom. The number of nitrogens with one attached hydrogen (secondary N) is 1. The molecule has 2 atom stereocenters. The Labute approximate surface area is 120 Å². The van der Waals surface area contributed by atoms with Gasteiger partial charge in [0.25, 0.3) is 0 Å². The van der Waals surface area contributed by atoms with E-state index in [1.54, 1.807) is 7.11 Å². The average molecular weight is 309 g/mol. The molecule has 0 aromatic rings. The highest BCUT2D eigenvalue weighted by Crippen LogP contribution is 2.31. The van der Waals surface area contributed by atoms with Crippen molar-refractivity contribution in [1.29, 1.82) is 0 Å². The molecular formula is C12H23NO6S. The molecule has 1 fully saturated rings. The standard InChI is InChI=1S/C12H23NO6S/c1-17-8-9-19-7-6-13-20(15,16)11-5-3-4-10(11)12(14)18-2/h10-11,13H,3-9H2,1-2H3. The van der Waals surface area contributed by atoms with Gasteiger partial charge in [0, 0.05) is 13.7 Å². The maximum Gasteiger partial charge on any atom is 0.310 e. The summed E-state index contributed by atoms with van der Waals surface area (Å²) in [7, 11) is -0.671. The number of hydrogen-bond acceptors (Lipinski definition) is 6. The molecule has 0 aromatic heterocycles. The highest BCUT2D eigenvalue weighted by Gasteiger charge is 2.41. The van der Waals surface area contributed by atoms with Crippen LogP contribution in [0, 0.1) is 5.92 Å². The Bertz CT molecular complexity index is 397. The van der Waals surface area contributed by atoms with Crippen LogP contribution < -0.4 is 4.72 Å². The first-order valence-corrected chi connectivity index (χ1v) is 8.20. The summed E-state index contributed by atoms with van der Waals surface area (Å²) in [5.74, 6) is -1.01. The van der Waals surface area contributed by atoms with Gasteiger partial charge in [-0.1, -0.05) is 6.42 Å². The third-order valence-corrected chi connectivity index (χ3v) is 5.30. The minimum atomic E-state index is -3.52. The van der Waals surface area contributed by atoms with Crippen LogP contribution in [0.15, 0.2) is 0 Å². The maximum absolute atomic E-state index is 12.2. The molecule has 118 valence electrons. The van der Waals surface area contributed by atoms with Crippen LogP contribution in [0.25, 0.3) is 0 Å². The van der Waals surface area contributed by atoms with Gasteiger partial charge >= 0.3 is 5.97 Å². The van der Waals surface area contributed by atoms with Crippen LogP contribution in [-0.4, -0.2) is 60.2 Å². The molecule has 1 saturated carbocycles. The third-order valence-electron chi connectivity index (χ3n) is 3.34. The number of carbonyl (C=O) groups is 1. The fraction of sp³-hybridized carbons (Fsp3) is 0.917. The fourth-order valence-corrected chi connectivity index (χ4v) is 4.06. The van der Waals surface area contributed by atoms with Crippen LogP contribution >= 0.6 is 0 Å². The largest absolute Gasteiger partial charge is 0.469 e. The van der Waals surface area contributed by atoms with Crippen molar-refractivity contribution in [2.24, 2.45) is 5.92 Å². The van der Waals surface area contributed by atoms with Crippen molar-refractivity contribution in [1.82, 2.24) is 4.72 Å². The summed E-state index contributed by atoms with van der Waals surface area (Å²) in [5.41, 5.74) is 0. The summed E-state index contributed by atoms with van der Waals surface area (Å²) >= 11 is 0. The van der Waals surface area contributed by atoms with Gasteiger partial charge in [-0.05, 0) is 12.8 Å². The second-order valence-electron chi connectivity index (χ2n) is 4.64. The quantitative estimate of drug-likeness (QED) is 0.473. The van der Waals surface area contributed by atoms with Crippen molar-refractivity contribution in [3.05, 3.63) is 0 Å². The summed E-state index contributed by atoms with van der Waals surface area (Å²) in [4.78, 5) is 11.6. The predicted molar refractivity (Wildman–Crippen MR) is 72.8 cm³/mol. The normalized spacial score (nSPS) is 22.9. The molecule has 1 N–H and O–H groups in total. The van der Waals surface area contributed by atoms with Gasteiger partial charge in [-0.25, -0.2) is 13.1 Å². The summed E-state index contributed by atoms with van der Waals surface area (Å²) in [6.07, 6.45) is 1.76. The van der Waals surface area contributed by atoms with E-state index in [-0.39, 0.29) is 13.2 Å². The Morgan fingerprint density at radius 1 is 1.20 bits per heavy atom. The number of rotatable bonds is 9. The van der Waals surface area contributed by atoms with E-state index in [1.165, 1.54) is 7.11 Å². The van der Waals surface area contributed by atoms with Gasteiger partial charge in [-0.3, -0.25) is 4.79 Å². The second kappa shape index (κ2) is 8.56. The smallest absolute Gasteiger partial charge is 0.310 e. The van der Waals surface area contributed by atoms with E-state index >= 15 is 0 Å². The first kappa shape index (κ1) is 17.4. The van der Waals surface area contributed by atoms with Gasteiger partial charge in [0.05, 0.1) is 38.1 Å². The van der Waals surface area contributed by atoms with Crippen LogP contribution in [0.5, 0.6) is 0 Å². The van der Waals surface area contributed by atoms with Gasteiger partial charge in [-0.2, -0.15) is 0 Å². The van der Waals surface area contributed by atoms with E-state index in [4.69, 9.17) is 9.47 Å². The van der Waals surface area contributed by atoms with Gasteiger partial charge in [0.2, 0.25) is 10.0 Å². The van der Waals surface area contributed by atoms with E-state index in [1.807, 2.05) is 0 Å². The van der Waals surface area contributed by atoms with Gasteiger partial charge in [0.1, 0.15) is 0 Å². The van der Waals surface area contributed by atoms with E-state index in [9.17, 15) is 13.2 Å². The molecule has 0 spiro atoms. The first-order valence-electron chi connectivity index (χ1n) is 6.66. The molecule has 0 radical (unpaired) electrons. The molecule has 0 heterocycles. The SMILES string of the molecule is COCCOCCNS(=O)(=O)C1CCCC1C(=O)OC. The lowest BCUT2D eigenvalue weighted by atomic mass is 10.1. The van der Waals surface area contributed by atoms with Crippen molar-refractivity contribution in [3.63, 3.8) is 0 Å². The topological polar surface area (TPSA) is 90.9 Å². The predicted octanol–water partition coefficient (Wildman–Crippen LogP) is -0.0895. The molecule has 0 aromatic carbocycles. The number of hydrogen-bond donors (Lipinski definition) is 1. The van der Waals surface area contributed by atoms with Crippen molar-refractivity contribution in [3.8, 4) is 0 Å². The van der Waals surface area contributed by atoms with E-state index in [0.29, 0.717) is 26.1 Å². The number of methoxy groups -OCH3 is 2. The molecule has 0 bridgehead atoms. The molecule has 7 nitrogen and oxygen atoms in total. The maximum atomic E-state index is 12.2. The molecule has 0 aliphatic heterocycles. The van der Waals surface area contributed by atoms with Gasteiger partial charge in [-0.15, -0.1) is 0 Å². The number of ether oxygens (including phenoxy) is 3. The van der Waals surface area contributed by atoms with Crippen molar-refractivity contribution >= 4 is 16.0 Å². The van der Waals surface area contributed by atoms with E-state index in [2.05, 4.69) is 9.46 Å². The monoisotopic (exact) mass is 309 g/mol. The Balaban J connectivity index is 2.41. The van der Waals surface area contributed by atoms with E-state index in [0.717, 1.165) is 6.42 Å². The summed E-state index contributed by atoms with van der Waals surface area (Å²) in [6, 6.07) is 0. The van der Waals surface area contributed by atoms with Crippen molar-refractivity contribution in [2.75, 3.05) is 40.6 Å². The summed E-state index contributed by atoms with van der Waals surface area (Å²) in [5, 5.41) is -0.700. The van der Waals surface area contributed by atoms with Crippen molar-refractivity contribution < 1.29 is 27.4 Å². The number of carbonyl (C=O) groups excluding carboxylic acids is 1. The molecule has 1 aliphatic carbocycles. The molecular weight excluding hydrogens is 286 g/mol. The molecule has 0 saturated heterocycles. The summed E-state index contributed by atoms with van der Waals surface area (Å²) in [6.45, 7) is 1.36. The van der Waals surface area contributed by atoms with Gasteiger partial charge in [0.15, 0.2) is 0 Å². The minimum Gasteiger partial charge on any atom is -0.469 e. The minimum absolute atomic E-state index is 0.191.